The minimum atomic E-state index is -4.63. The summed E-state index contributed by atoms with van der Waals surface area (Å²) in [6.07, 6.45) is -3.43. The second-order valence-electron chi connectivity index (χ2n) is 5.25. The molecule has 0 radical (unpaired) electrons. The van der Waals surface area contributed by atoms with Crippen molar-refractivity contribution in [2.75, 3.05) is 18.1 Å². The first-order chi connectivity index (χ1) is 12.3. The van der Waals surface area contributed by atoms with Crippen LogP contribution in [0.4, 0.5) is 30.5 Å². The first-order valence-electron chi connectivity index (χ1n) is 7.87. The van der Waals surface area contributed by atoms with Gasteiger partial charge in [-0.25, -0.2) is 4.98 Å². The number of rotatable bonds is 7. The van der Waals surface area contributed by atoms with E-state index in [1.54, 1.807) is 13.8 Å². The lowest BCUT2D eigenvalue weighted by Gasteiger charge is -2.22. The first-order valence-corrected chi connectivity index (χ1v) is 7.87. The highest BCUT2D eigenvalue weighted by atomic mass is 19.4. The number of ether oxygens (including phenoxy) is 1. The highest BCUT2D eigenvalue weighted by Crippen LogP contribution is 2.36. The maximum Gasteiger partial charge on any atom is 0.423 e. The third-order valence-corrected chi connectivity index (χ3v) is 3.42. The van der Waals surface area contributed by atoms with Crippen LogP contribution in [0.25, 0.3) is 0 Å². The Bertz CT molecular complexity index is 766. The van der Waals surface area contributed by atoms with Gasteiger partial charge in [0.2, 0.25) is 11.8 Å². The van der Waals surface area contributed by atoms with E-state index in [0.29, 0.717) is 24.8 Å². The number of non-ortho nitro benzene ring substituents is 1. The number of alkyl halides is 3. The first kappa shape index (κ1) is 19.4. The smallest absolute Gasteiger partial charge is 0.423 e. The molecule has 0 saturated carbocycles. The maximum atomic E-state index is 13.1. The van der Waals surface area contributed by atoms with Crippen molar-refractivity contribution in [1.29, 1.82) is 0 Å². The van der Waals surface area contributed by atoms with Crippen LogP contribution < -0.4 is 9.64 Å². The summed E-state index contributed by atoms with van der Waals surface area (Å²) in [5.74, 6) is -0.523. The van der Waals surface area contributed by atoms with Crippen LogP contribution in [-0.2, 0) is 6.18 Å². The lowest BCUT2D eigenvalue weighted by Crippen LogP contribution is -2.21. The second-order valence-corrected chi connectivity index (χ2v) is 5.25. The molecule has 0 fully saturated rings. The van der Waals surface area contributed by atoms with Crippen LogP contribution in [0, 0.1) is 10.1 Å². The molecule has 0 spiro atoms. The van der Waals surface area contributed by atoms with Crippen molar-refractivity contribution < 1.29 is 22.8 Å². The Morgan fingerprint density at radius 2 is 1.88 bits per heavy atom. The number of hydrogen-bond acceptors (Lipinski definition) is 6. The van der Waals surface area contributed by atoms with Crippen LogP contribution >= 0.6 is 0 Å². The zero-order chi connectivity index (χ0) is 19.3. The van der Waals surface area contributed by atoms with Gasteiger partial charge in [-0.05, 0) is 25.5 Å². The molecule has 1 aromatic heterocycles. The lowest BCUT2D eigenvalue weighted by atomic mass is 10.2. The summed E-state index contributed by atoms with van der Waals surface area (Å²) in [6, 6.07) is 5.57. The van der Waals surface area contributed by atoms with E-state index < -0.39 is 22.5 Å². The Kier molecular flexibility index (Phi) is 5.96. The number of anilines is 2. The van der Waals surface area contributed by atoms with Crippen LogP contribution in [0.2, 0.25) is 0 Å². The molecule has 7 nitrogen and oxygen atoms in total. The number of nitro benzene ring substituents is 1. The molecule has 1 aromatic carbocycles. The quantitative estimate of drug-likeness (QED) is 0.532. The average molecular weight is 370 g/mol. The molecule has 0 aliphatic carbocycles. The van der Waals surface area contributed by atoms with Gasteiger partial charge in [0.05, 0.1) is 11.5 Å². The molecular weight excluding hydrogens is 353 g/mol. The molecule has 0 aliphatic heterocycles. The van der Waals surface area contributed by atoms with Crippen molar-refractivity contribution in [3.63, 3.8) is 0 Å². The molecule has 0 atom stereocenters. The van der Waals surface area contributed by atoms with E-state index in [4.69, 9.17) is 4.74 Å². The standard InChI is InChI=1S/C16H17F3N4O3/c1-3-9-26-14-13(16(17,18)19)10-20-15(21-14)22(4-2)11-5-7-12(8-6-11)23(24)25/h5-8,10H,3-4,9H2,1-2H3. The Labute approximate surface area is 147 Å². The summed E-state index contributed by atoms with van der Waals surface area (Å²) in [5, 5.41) is 10.7. The van der Waals surface area contributed by atoms with E-state index in [1.807, 2.05) is 0 Å². The lowest BCUT2D eigenvalue weighted by molar-refractivity contribution is -0.384. The molecular formula is C16H17F3N4O3. The number of aromatic nitrogens is 2. The number of halogens is 3. The fourth-order valence-corrected chi connectivity index (χ4v) is 2.18. The van der Waals surface area contributed by atoms with E-state index in [-0.39, 0.29) is 18.2 Å². The average Bonchev–Trinajstić information content (AvgIpc) is 2.60. The summed E-state index contributed by atoms with van der Waals surface area (Å²) in [7, 11) is 0. The van der Waals surface area contributed by atoms with Gasteiger partial charge in [-0.3, -0.25) is 10.1 Å². The summed E-state index contributed by atoms with van der Waals surface area (Å²) in [5.41, 5.74) is -0.626. The molecule has 0 bridgehead atoms. The predicted molar refractivity (Wildman–Crippen MR) is 88.6 cm³/mol. The van der Waals surface area contributed by atoms with E-state index in [9.17, 15) is 23.3 Å². The van der Waals surface area contributed by atoms with Crippen LogP contribution in [0.1, 0.15) is 25.8 Å². The second kappa shape index (κ2) is 7.98. The highest BCUT2D eigenvalue weighted by Gasteiger charge is 2.36. The van der Waals surface area contributed by atoms with Gasteiger partial charge < -0.3 is 9.64 Å². The van der Waals surface area contributed by atoms with E-state index in [0.717, 1.165) is 0 Å². The number of nitrogens with zero attached hydrogens (tertiary/aromatic N) is 4. The zero-order valence-corrected chi connectivity index (χ0v) is 14.2. The molecule has 0 aliphatic rings. The maximum absolute atomic E-state index is 13.1. The van der Waals surface area contributed by atoms with Crippen LogP contribution in [0.5, 0.6) is 5.88 Å². The molecule has 26 heavy (non-hydrogen) atoms. The summed E-state index contributed by atoms with van der Waals surface area (Å²) in [4.78, 5) is 19.5. The van der Waals surface area contributed by atoms with Crippen molar-refractivity contribution in [2.45, 2.75) is 26.4 Å². The fraction of sp³-hybridized carbons (Fsp3) is 0.375. The summed E-state index contributed by atoms with van der Waals surface area (Å²) < 4.78 is 44.4. The van der Waals surface area contributed by atoms with Gasteiger partial charge in [-0.2, -0.15) is 18.2 Å². The Morgan fingerprint density at radius 1 is 1.23 bits per heavy atom. The van der Waals surface area contributed by atoms with Crippen molar-refractivity contribution in [3.05, 3.63) is 46.1 Å². The zero-order valence-electron chi connectivity index (χ0n) is 14.2. The fourth-order valence-electron chi connectivity index (χ4n) is 2.18. The van der Waals surface area contributed by atoms with Gasteiger partial charge in [-0.15, -0.1) is 0 Å². The number of nitro groups is 1. The Hall–Kier alpha value is -2.91. The third-order valence-electron chi connectivity index (χ3n) is 3.42. The number of benzene rings is 1. The minimum Gasteiger partial charge on any atom is -0.477 e. The topological polar surface area (TPSA) is 81.4 Å². The Balaban J connectivity index is 2.42. The highest BCUT2D eigenvalue weighted by molar-refractivity contribution is 5.59. The largest absolute Gasteiger partial charge is 0.477 e. The molecule has 0 unspecified atom stereocenters. The monoisotopic (exact) mass is 370 g/mol. The van der Waals surface area contributed by atoms with Crippen molar-refractivity contribution in [2.24, 2.45) is 0 Å². The SMILES string of the molecule is CCCOc1nc(N(CC)c2ccc([N+](=O)[O-])cc2)ncc1C(F)(F)F. The van der Waals surface area contributed by atoms with Gasteiger partial charge >= 0.3 is 6.18 Å². The molecule has 2 rings (SSSR count). The van der Waals surface area contributed by atoms with Gasteiger partial charge in [0.25, 0.3) is 5.69 Å². The van der Waals surface area contributed by atoms with Crippen LogP contribution in [-0.4, -0.2) is 28.0 Å². The molecule has 0 amide bonds. The van der Waals surface area contributed by atoms with E-state index in [2.05, 4.69) is 9.97 Å². The van der Waals surface area contributed by atoms with Crippen molar-refractivity contribution in [3.8, 4) is 5.88 Å². The van der Waals surface area contributed by atoms with Gasteiger partial charge in [0, 0.05) is 30.6 Å². The molecule has 2 aromatic rings. The van der Waals surface area contributed by atoms with E-state index >= 15 is 0 Å². The van der Waals surface area contributed by atoms with Crippen molar-refractivity contribution >= 4 is 17.3 Å². The number of hydrogen-bond donors (Lipinski definition) is 0. The third kappa shape index (κ3) is 4.38. The molecule has 10 heteroatoms. The molecule has 1 heterocycles. The normalized spacial score (nSPS) is 11.3. The summed E-state index contributed by atoms with van der Waals surface area (Å²) >= 11 is 0. The van der Waals surface area contributed by atoms with Gasteiger partial charge in [0.15, 0.2) is 0 Å². The van der Waals surface area contributed by atoms with E-state index in [1.165, 1.54) is 29.2 Å². The summed E-state index contributed by atoms with van der Waals surface area (Å²) in [6.45, 7) is 3.96. The van der Waals surface area contributed by atoms with Crippen LogP contribution in [0.3, 0.4) is 0 Å². The minimum absolute atomic E-state index is 0.0143. The molecule has 0 saturated heterocycles. The molecule has 140 valence electrons. The predicted octanol–water partition coefficient (Wildman–Crippen LogP) is 4.35. The molecule has 0 N–H and O–H groups in total. The van der Waals surface area contributed by atoms with Crippen molar-refractivity contribution in [1.82, 2.24) is 9.97 Å². The van der Waals surface area contributed by atoms with Gasteiger partial charge in [0.1, 0.15) is 5.56 Å². The Morgan fingerprint density at radius 3 is 2.38 bits per heavy atom. The van der Waals surface area contributed by atoms with Crippen LogP contribution in [0.15, 0.2) is 30.5 Å². The van der Waals surface area contributed by atoms with Gasteiger partial charge in [-0.1, -0.05) is 6.92 Å².